The van der Waals surface area contributed by atoms with E-state index in [1.807, 2.05) is 6.07 Å². The second-order valence-corrected chi connectivity index (χ2v) is 15.8. The Balaban J connectivity index is 0.976. The average molecular weight is 727 g/mol. The second kappa shape index (κ2) is 13.0. The van der Waals surface area contributed by atoms with Gasteiger partial charge in [0.05, 0.1) is 11.4 Å². The predicted molar refractivity (Wildman–Crippen MR) is 239 cm³/mol. The molecule has 0 atom stereocenters. The van der Waals surface area contributed by atoms with Gasteiger partial charge in [0.2, 0.25) is 0 Å². The average Bonchev–Trinajstić information content (AvgIpc) is 3.51. The van der Waals surface area contributed by atoms with Gasteiger partial charge in [-0.05, 0) is 101 Å². The van der Waals surface area contributed by atoms with Crippen molar-refractivity contribution in [3.05, 3.63) is 205 Å². The number of hydrogen-bond acceptors (Lipinski definition) is 2. The molecule has 1 aliphatic carbocycles. The van der Waals surface area contributed by atoms with E-state index in [0.717, 1.165) is 33.5 Å². The van der Waals surface area contributed by atoms with Gasteiger partial charge in [-0.3, -0.25) is 0 Å². The maximum atomic E-state index is 5.26. The molecule has 2 nitrogen and oxygen atoms in total. The van der Waals surface area contributed by atoms with E-state index in [1.54, 1.807) is 0 Å². The summed E-state index contributed by atoms with van der Waals surface area (Å²) in [6.45, 7) is 4.75. The van der Waals surface area contributed by atoms with Crippen molar-refractivity contribution in [3.63, 3.8) is 0 Å². The Kier molecular flexibility index (Phi) is 7.55. The molecule has 0 unspecified atom stereocenters. The quantitative estimate of drug-likeness (QED) is 0.176. The van der Waals surface area contributed by atoms with Gasteiger partial charge in [0.1, 0.15) is 0 Å². The van der Waals surface area contributed by atoms with Gasteiger partial charge in [0.25, 0.3) is 0 Å². The third kappa shape index (κ3) is 5.48. The fourth-order valence-electron chi connectivity index (χ4n) is 9.19. The van der Waals surface area contributed by atoms with Crippen LogP contribution in [0.5, 0.6) is 0 Å². The van der Waals surface area contributed by atoms with E-state index in [2.05, 4.69) is 202 Å². The Morgan fingerprint density at radius 1 is 0.333 bits per heavy atom. The van der Waals surface area contributed by atoms with Gasteiger partial charge in [0, 0.05) is 22.1 Å². The molecule has 0 fully saturated rings. The van der Waals surface area contributed by atoms with E-state index in [1.165, 1.54) is 71.4 Å². The molecule has 0 bridgehead atoms. The Morgan fingerprint density at radius 3 is 1.67 bits per heavy atom. The van der Waals surface area contributed by atoms with Crippen LogP contribution in [0.3, 0.4) is 0 Å². The summed E-state index contributed by atoms with van der Waals surface area (Å²) in [5.41, 5.74) is 15.2. The molecule has 268 valence electrons. The summed E-state index contributed by atoms with van der Waals surface area (Å²) in [5.74, 6) is 0.715. The van der Waals surface area contributed by atoms with Crippen LogP contribution in [-0.2, 0) is 5.41 Å². The van der Waals surface area contributed by atoms with E-state index in [-0.39, 0.29) is 5.41 Å². The summed E-state index contributed by atoms with van der Waals surface area (Å²) in [4.78, 5) is 10.5. The van der Waals surface area contributed by atoms with Crippen molar-refractivity contribution >= 4 is 32.3 Å². The third-order valence-electron chi connectivity index (χ3n) is 12.1. The summed E-state index contributed by atoms with van der Waals surface area (Å²) in [6, 6.07) is 70.1. The molecular weight excluding hydrogens is 689 g/mol. The lowest BCUT2D eigenvalue weighted by atomic mass is 9.79. The van der Waals surface area contributed by atoms with E-state index >= 15 is 0 Å². The minimum absolute atomic E-state index is 0.0945. The van der Waals surface area contributed by atoms with Gasteiger partial charge >= 0.3 is 0 Å². The molecule has 2 heteroatoms. The van der Waals surface area contributed by atoms with Crippen LogP contribution < -0.4 is 0 Å². The number of aromatic nitrogens is 2. The van der Waals surface area contributed by atoms with Crippen molar-refractivity contribution in [1.29, 1.82) is 0 Å². The fraction of sp³-hybridized carbons (Fsp3) is 0.0545. The Bertz CT molecular complexity index is 3190. The molecule has 0 saturated heterocycles. The predicted octanol–water partition coefficient (Wildman–Crippen LogP) is 14.6. The zero-order chi connectivity index (χ0) is 38.1. The lowest BCUT2D eigenvalue weighted by Gasteiger charge is -2.23. The van der Waals surface area contributed by atoms with Gasteiger partial charge in [0.15, 0.2) is 5.82 Å². The summed E-state index contributed by atoms with van der Waals surface area (Å²) in [6.07, 6.45) is 0. The van der Waals surface area contributed by atoms with Gasteiger partial charge in [-0.25, -0.2) is 9.97 Å². The van der Waals surface area contributed by atoms with Crippen LogP contribution in [0.1, 0.15) is 25.0 Å². The molecule has 1 heterocycles. The van der Waals surface area contributed by atoms with Crippen LogP contribution in [0, 0.1) is 0 Å². The third-order valence-corrected chi connectivity index (χ3v) is 12.1. The minimum Gasteiger partial charge on any atom is -0.228 e. The van der Waals surface area contributed by atoms with Crippen molar-refractivity contribution < 1.29 is 0 Å². The molecule has 1 aromatic heterocycles. The summed E-state index contributed by atoms with van der Waals surface area (Å²) in [5, 5.41) is 7.35. The highest BCUT2D eigenvalue weighted by Gasteiger charge is 2.37. The molecule has 0 amide bonds. The van der Waals surface area contributed by atoms with E-state index in [0.29, 0.717) is 5.82 Å². The smallest absolute Gasteiger partial charge is 0.161 e. The molecule has 0 aliphatic heterocycles. The summed E-state index contributed by atoms with van der Waals surface area (Å²) < 4.78 is 0. The van der Waals surface area contributed by atoms with Gasteiger partial charge in [-0.2, -0.15) is 0 Å². The maximum Gasteiger partial charge on any atom is 0.161 e. The molecule has 0 spiro atoms. The molecule has 11 rings (SSSR count). The van der Waals surface area contributed by atoms with E-state index < -0.39 is 0 Å². The van der Waals surface area contributed by atoms with Gasteiger partial charge in [-0.1, -0.05) is 184 Å². The first-order valence-corrected chi connectivity index (χ1v) is 19.7. The number of hydrogen-bond donors (Lipinski definition) is 0. The first-order chi connectivity index (χ1) is 28.0. The van der Waals surface area contributed by atoms with Crippen molar-refractivity contribution in [2.75, 3.05) is 0 Å². The lowest BCUT2D eigenvalue weighted by molar-refractivity contribution is 0.666. The number of fused-ring (bicyclic) bond motifs is 7. The zero-order valence-corrected chi connectivity index (χ0v) is 31.9. The van der Waals surface area contributed by atoms with Gasteiger partial charge < -0.3 is 0 Å². The van der Waals surface area contributed by atoms with Crippen LogP contribution in [0.4, 0.5) is 0 Å². The molecule has 9 aromatic carbocycles. The summed E-state index contributed by atoms with van der Waals surface area (Å²) >= 11 is 0. The topological polar surface area (TPSA) is 25.8 Å². The SMILES string of the molecule is CC1(C)c2cc(-c3ccc(-c4ccc(-c5nc(-c6ccccc6)cc(-c6ccc7ccccc7c6)n5)c5ccccc45)cc3)ccc2-c2ccc3ccccc3c21. The Hall–Kier alpha value is -7.16. The highest BCUT2D eigenvalue weighted by Crippen LogP contribution is 2.52. The molecule has 0 saturated carbocycles. The largest absolute Gasteiger partial charge is 0.228 e. The van der Waals surface area contributed by atoms with Crippen LogP contribution in [0.15, 0.2) is 194 Å². The Morgan fingerprint density at radius 2 is 0.877 bits per heavy atom. The second-order valence-electron chi connectivity index (χ2n) is 15.8. The van der Waals surface area contributed by atoms with E-state index in [4.69, 9.17) is 9.97 Å². The van der Waals surface area contributed by atoms with Gasteiger partial charge in [-0.15, -0.1) is 0 Å². The first-order valence-electron chi connectivity index (χ1n) is 19.7. The van der Waals surface area contributed by atoms with Crippen molar-refractivity contribution in [2.45, 2.75) is 19.3 Å². The first kappa shape index (κ1) is 33.2. The minimum atomic E-state index is -0.0945. The lowest BCUT2D eigenvalue weighted by Crippen LogP contribution is -2.15. The maximum absolute atomic E-state index is 5.26. The normalized spacial score (nSPS) is 12.9. The highest BCUT2D eigenvalue weighted by molar-refractivity contribution is 6.04. The van der Waals surface area contributed by atoms with Crippen molar-refractivity contribution in [2.24, 2.45) is 0 Å². The standard InChI is InChI=1S/C55H38N2/c1-55(2)50-33-41(27-28-47(50)48-29-26-37-13-8-9-17-44(37)53(48)55)36-20-23-38(24-21-36)43-30-31-49(46-19-11-10-18-45(43)46)54-56-51(39-14-4-3-5-15-39)34-52(57-54)42-25-22-35-12-6-7-16-40(35)32-42/h3-34H,1-2H3. The zero-order valence-electron chi connectivity index (χ0n) is 31.9. The van der Waals surface area contributed by atoms with Crippen LogP contribution >= 0.6 is 0 Å². The van der Waals surface area contributed by atoms with E-state index in [9.17, 15) is 0 Å². The molecule has 10 aromatic rings. The van der Waals surface area contributed by atoms with Crippen LogP contribution in [-0.4, -0.2) is 9.97 Å². The van der Waals surface area contributed by atoms with Crippen LogP contribution in [0.2, 0.25) is 0 Å². The molecule has 57 heavy (non-hydrogen) atoms. The van der Waals surface area contributed by atoms with Crippen molar-refractivity contribution in [3.8, 4) is 67.3 Å². The highest BCUT2D eigenvalue weighted by atomic mass is 14.9. The number of benzene rings is 9. The molecule has 1 aliphatic rings. The Labute approximate surface area is 332 Å². The number of rotatable bonds is 5. The fourth-order valence-corrected chi connectivity index (χ4v) is 9.19. The van der Waals surface area contributed by atoms with Crippen molar-refractivity contribution in [1.82, 2.24) is 9.97 Å². The molecular formula is C55H38N2. The molecule has 0 N–H and O–H groups in total. The summed E-state index contributed by atoms with van der Waals surface area (Å²) in [7, 11) is 0. The number of nitrogens with zero attached hydrogens (tertiary/aromatic N) is 2. The van der Waals surface area contributed by atoms with Crippen LogP contribution in [0.25, 0.3) is 99.6 Å². The molecule has 0 radical (unpaired) electrons. The monoisotopic (exact) mass is 726 g/mol.